The highest BCUT2D eigenvalue weighted by Gasteiger charge is 2.14. The lowest BCUT2D eigenvalue weighted by Gasteiger charge is -2.07. The molecule has 1 aromatic rings. The number of nitro groups is 1. The highest BCUT2D eigenvalue weighted by atomic mass is 16.6. The van der Waals surface area contributed by atoms with Gasteiger partial charge in [0.2, 0.25) is 0 Å². The van der Waals surface area contributed by atoms with Crippen LogP contribution in [0.4, 0.5) is 5.69 Å². The molecule has 1 aromatic carbocycles. The molecule has 86 valence electrons. The van der Waals surface area contributed by atoms with Gasteiger partial charge in [0, 0.05) is 18.7 Å². The smallest absolute Gasteiger partial charge is 0.310 e. The normalized spacial score (nSPS) is 14.4. The maximum atomic E-state index is 10.5. The van der Waals surface area contributed by atoms with Crippen molar-refractivity contribution in [2.45, 2.75) is 6.42 Å². The van der Waals surface area contributed by atoms with Gasteiger partial charge in [-0.1, -0.05) is 0 Å². The van der Waals surface area contributed by atoms with E-state index >= 15 is 0 Å². The first-order valence-electron chi connectivity index (χ1n) is 5.34. The molecule has 0 aromatic heterocycles. The summed E-state index contributed by atoms with van der Waals surface area (Å²) in [5.41, 5.74) is 2.18. The van der Waals surface area contributed by atoms with Crippen LogP contribution < -0.4 is 0 Å². The molecule has 1 aliphatic rings. The van der Waals surface area contributed by atoms with Crippen LogP contribution in [0.25, 0.3) is 5.57 Å². The first-order chi connectivity index (χ1) is 8.20. The van der Waals surface area contributed by atoms with Crippen LogP contribution in [0.15, 0.2) is 30.5 Å². The van der Waals surface area contributed by atoms with E-state index in [9.17, 15) is 14.9 Å². The molecular weight excluding hydrogens is 219 g/mol. The van der Waals surface area contributed by atoms with Crippen molar-refractivity contribution in [3.63, 3.8) is 0 Å². The van der Waals surface area contributed by atoms with Gasteiger partial charge in [-0.25, -0.2) is 0 Å². The number of hydrogen-bond donors (Lipinski definition) is 0. The lowest BCUT2D eigenvalue weighted by atomic mass is 9.96. The van der Waals surface area contributed by atoms with E-state index in [0.29, 0.717) is 7.41 Å². The zero-order valence-electron chi connectivity index (χ0n) is 9.20. The Morgan fingerprint density at radius 3 is 2.65 bits per heavy atom. The van der Waals surface area contributed by atoms with Crippen molar-refractivity contribution < 1.29 is 9.72 Å². The third kappa shape index (κ3) is 2.53. The van der Waals surface area contributed by atoms with Crippen molar-refractivity contribution in [1.29, 1.82) is 0 Å². The van der Waals surface area contributed by atoms with E-state index in [1.807, 2.05) is 11.0 Å². The fourth-order valence-electron chi connectivity index (χ4n) is 1.87. The first kappa shape index (κ1) is 11.4. The molecule has 0 atom stereocenters. The van der Waals surface area contributed by atoms with Crippen molar-refractivity contribution in [1.82, 2.24) is 4.81 Å². The van der Waals surface area contributed by atoms with Crippen LogP contribution in [-0.2, 0) is 4.79 Å². The summed E-state index contributed by atoms with van der Waals surface area (Å²) in [5, 5.41) is 10.5. The Hall–Kier alpha value is -2.11. The molecule has 0 bridgehead atoms. The summed E-state index contributed by atoms with van der Waals surface area (Å²) in [7, 11) is 0.399. The van der Waals surface area contributed by atoms with Crippen molar-refractivity contribution in [2.75, 3.05) is 6.54 Å². The maximum Gasteiger partial charge on any atom is 0.310 e. The SMILES string of the molecule is O=CBN1C=C(c2ccc([N+](=O)[O-])cc2)CC1. The number of nitro benzene ring substituents is 1. The van der Waals surface area contributed by atoms with Gasteiger partial charge in [0.15, 0.2) is 0 Å². The van der Waals surface area contributed by atoms with Gasteiger partial charge in [-0.3, -0.25) is 10.1 Å². The van der Waals surface area contributed by atoms with Crippen LogP contribution in [0.5, 0.6) is 0 Å². The molecule has 6 heteroatoms. The molecule has 0 amide bonds. The second-order valence-corrected chi connectivity index (χ2v) is 3.87. The quantitative estimate of drug-likeness (QED) is 0.337. The van der Waals surface area contributed by atoms with Gasteiger partial charge in [-0.2, -0.15) is 0 Å². The third-order valence-electron chi connectivity index (χ3n) is 2.76. The number of non-ortho nitro benzene ring substituents is 1. The molecule has 2 rings (SSSR count). The predicted molar refractivity (Wildman–Crippen MR) is 66.3 cm³/mol. The van der Waals surface area contributed by atoms with Crippen molar-refractivity contribution in [3.8, 4) is 0 Å². The Labute approximate surface area is 99.1 Å². The fourth-order valence-corrected chi connectivity index (χ4v) is 1.87. The van der Waals surface area contributed by atoms with E-state index in [2.05, 4.69) is 0 Å². The second-order valence-electron chi connectivity index (χ2n) is 3.87. The largest absolute Gasteiger partial charge is 0.417 e. The van der Waals surface area contributed by atoms with Gasteiger partial charge >= 0.3 is 7.41 Å². The summed E-state index contributed by atoms with van der Waals surface area (Å²) in [6.45, 7) is 0.824. The number of carbonyl (C=O) groups is 1. The Balaban J connectivity index is 2.15. The van der Waals surface area contributed by atoms with E-state index in [4.69, 9.17) is 0 Å². The molecule has 0 N–H and O–H groups in total. The fraction of sp³-hybridized carbons (Fsp3) is 0.182. The molecule has 0 spiro atoms. The first-order valence-corrected chi connectivity index (χ1v) is 5.34. The minimum absolute atomic E-state index is 0.0945. The Bertz CT molecular complexity index is 470. The summed E-state index contributed by atoms with van der Waals surface area (Å²) >= 11 is 0. The minimum atomic E-state index is -0.411. The maximum absolute atomic E-state index is 10.5. The van der Waals surface area contributed by atoms with Crippen LogP contribution in [-0.4, -0.2) is 29.9 Å². The summed E-state index contributed by atoms with van der Waals surface area (Å²) < 4.78 is 0. The summed E-state index contributed by atoms with van der Waals surface area (Å²) in [6.07, 6.45) is 3.68. The van der Waals surface area contributed by atoms with Gasteiger partial charge in [0.1, 0.15) is 6.19 Å². The van der Waals surface area contributed by atoms with Gasteiger partial charge in [0.25, 0.3) is 5.69 Å². The molecule has 0 aliphatic carbocycles. The van der Waals surface area contributed by atoms with E-state index in [0.717, 1.165) is 30.3 Å². The second kappa shape index (κ2) is 4.82. The van der Waals surface area contributed by atoms with Gasteiger partial charge in [0.05, 0.1) is 4.92 Å². The summed E-state index contributed by atoms with van der Waals surface area (Å²) in [5.74, 6) is 0. The van der Waals surface area contributed by atoms with E-state index in [1.54, 1.807) is 12.1 Å². The van der Waals surface area contributed by atoms with Crippen molar-refractivity contribution in [3.05, 3.63) is 46.1 Å². The predicted octanol–water partition coefficient (Wildman–Crippen LogP) is 1.18. The lowest BCUT2D eigenvalue weighted by Crippen LogP contribution is -2.20. The lowest BCUT2D eigenvalue weighted by molar-refractivity contribution is -0.384. The monoisotopic (exact) mass is 230 g/mol. The van der Waals surface area contributed by atoms with Crippen molar-refractivity contribution in [2.24, 2.45) is 0 Å². The van der Waals surface area contributed by atoms with Gasteiger partial charge < -0.3 is 9.61 Å². The van der Waals surface area contributed by atoms with Crippen LogP contribution in [0.3, 0.4) is 0 Å². The zero-order chi connectivity index (χ0) is 12.3. The number of carbonyl (C=O) groups excluding carboxylic acids is 1. The standard InChI is InChI=1S/C11H11BN2O3/c15-8-12-13-6-5-10(7-13)9-1-3-11(4-2-9)14(16)17/h1-4,7-8,12H,5-6H2. The third-order valence-corrected chi connectivity index (χ3v) is 2.76. The summed E-state index contributed by atoms with van der Waals surface area (Å²) in [6, 6.07) is 6.49. The van der Waals surface area contributed by atoms with E-state index in [-0.39, 0.29) is 5.69 Å². The Morgan fingerprint density at radius 1 is 1.35 bits per heavy atom. The molecule has 5 nitrogen and oxygen atoms in total. The topological polar surface area (TPSA) is 63.5 Å². The van der Waals surface area contributed by atoms with E-state index in [1.165, 1.54) is 12.1 Å². The van der Waals surface area contributed by atoms with Crippen LogP contribution in [0.1, 0.15) is 12.0 Å². The average Bonchev–Trinajstić information content (AvgIpc) is 2.78. The molecule has 0 saturated carbocycles. The Morgan fingerprint density at radius 2 is 2.06 bits per heavy atom. The van der Waals surface area contributed by atoms with Gasteiger partial charge in [-0.05, 0) is 35.9 Å². The molecule has 17 heavy (non-hydrogen) atoms. The molecule has 0 radical (unpaired) electrons. The number of rotatable bonds is 4. The van der Waals surface area contributed by atoms with Crippen molar-refractivity contribution >= 4 is 24.9 Å². The molecule has 1 aliphatic heterocycles. The minimum Gasteiger partial charge on any atom is -0.417 e. The average molecular weight is 230 g/mol. The van der Waals surface area contributed by atoms with E-state index < -0.39 is 4.92 Å². The summed E-state index contributed by atoms with van der Waals surface area (Å²) in [4.78, 5) is 22.4. The molecule has 0 unspecified atom stereocenters. The number of hydrogen-bond acceptors (Lipinski definition) is 4. The molecular formula is C11H11BN2O3. The zero-order valence-corrected chi connectivity index (χ0v) is 9.20. The molecule has 0 saturated heterocycles. The highest BCUT2D eigenvalue weighted by molar-refractivity contribution is 6.64. The van der Waals surface area contributed by atoms with Crippen LogP contribution in [0.2, 0.25) is 0 Å². The number of benzene rings is 1. The van der Waals surface area contributed by atoms with Crippen LogP contribution in [0, 0.1) is 10.1 Å². The highest BCUT2D eigenvalue weighted by Crippen LogP contribution is 2.25. The van der Waals surface area contributed by atoms with Gasteiger partial charge in [-0.15, -0.1) is 0 Å². The van der Waals surface area contributed by atoms with Crippen LogP contribution >= 0.6 is 0 Å². The number of nitrogens with zero attached hydrogens (tertiary/aromatic N) is 2. The molecule has 0 fully saturated rings. The Kier molecular flexibility index (Phi) is 3.23. The molecule has 1 heterocycles.